The molecule has 2 fully saturated rings. The lowest BCUT2D eigenvalue weighted by atomic mass is 9.89. The van der Waals surface area contributed by atoms with E-state index in [1.165, 1.54) is 25.7 Å². The number of aromatic hydroxyl groups is 1. The van der Waals surface area contributed by atoms with Crippen molar-refractivity contribution in [3.05, 3.63) is 23.8 Å². The van der Waals surface area contributed by atoms with E-state index in [1.807, 2.05) is 13.0 Å². The number of aryl methyl sites for hydroxylation is 1. The third kappa shape index (κ3) is 2.26. The van der Waals surface area contributed by atoms with Crippen molar-refractivity contribution in [2.24, 2.45) is 17.8 Å². The summed E-state index contributed by atoms with van der Waals surface area (Å²) in [6.45, 7) is 2.80. The maximum atomic E-state index is 9.51. The smallest absolute Gasteiger partial charge is 0.123 e. The molecule has 2 saturated carbocycles. The summed E-state index contributed by atoms with van der Waals surface area (Å²) >= 11 is 0. The van der Waals surface area contributed by atoms with Gasteiger partial charge in [0.05, 0.1) is 6.61 Å². The van der Waals surface area contributed by atoms with Crippen LogP contribution in [-0.2, 0) is 0 Å². The Labute approximate surface area is 103 Å². The van der Waals surface area contributed by atoms with Gasteiger partial charge in [0.1, 0.15) is 11.5 Å². The van der Waals surface area contributed by atoms with Crippen LogP contribution in [0.2, 0.25) is 0 Å². The molecule has 2 nitrogen and oxygen atoms in total. The number of phenolic OH excluding ortho intramolecular Hbond substituents is 1. The Balaban J connectivity index is 1.60. The van der Waals surface area contributed by atoms with E-state index in [0.717, 1.165) is 35.7 Å². The summed E-state index contributed by atoms with van der Waals surface area (Å²) in [5, 5.41) is 9.51. The van der Waals surface area contributed by atoms with Crippen LogP contribution in [0.3, 0.4) is 0 Å². The average Bonchev–Trinajstić information content (AvgIpc) is 2.86. The molecule has 3 atom stereocenters. The molecule has 2 bridgehead atoms. The molecule has 17 heavy (non-hydrogen) atoms. The molecular weight excluding hydrogens is 212 g/mol. The van der Waals surface area contributed by atoms with Crippen LogP contribution in [0, 0.1) is 24.7 Å². The number of phenols is 1. The predicted molar refractivity (Wildman–Crippen MR) is 67.3 cm³/mol. The largest absolute Gasteiger partial charge is 0.508 e. The molecule has 3 rings (SSSR count). The Morgan fingerprint density at radius 2 is 2.12 bits per heavy atom. The quantitative estimate of drug-likeness (QED) is 0.864. The number of hydrogen-bond donors (Lipinski definition) is 1. The average molecular weight is 232 g/mol. The SMILES string of the molecule is Cc1cc(O)cc(OCC2CC3CCC2C3)c1. The molecule has 1 aromatic rings. The molecular formula is C15H20O2. The summed E-state index contributed by atoms with van der Waals surface area (Å²) in [5.41, 5.74) is 1.05. The van der Waals surface area contributed by atoms with Crippen LogP contribution in [0.25, 0.3) is 0 Å². The van der Waals surface area contributed by atoms with E-state index in [4.69, 9.17) is 4.74 Å². The number of benzene rings is 1. The van der Waals surface area contributed by atoms with Crippen molar-refractivity contribution in [1.82, 2.24) is 0 Å². The molecule has 2 aliphatic rings. The van der Waals surface area contributed by atoms with Gasteiger partial charge in [0.2, 0.25) is 0 Å². The summed E-state index contributed by atoms with van der Waals surface area (Å²) in [7, 11) is 0. The molecule has 0 amide bonds. The zero-order chi connectivity index (χ0) is 11.8. The molecule has 0 radical (unpaired) electrons. The number of rotatable bonds is 3. The van der Waals surface area contributed by atoms with E-state index in [0.29, 0.717) is 5.75 Å². The number of ether oxygens (including phenoxy) is 1. The normalized spacial score (nSPS) is 30.8. The van der Waals surface area contributed by atoms with Crippen LogP contribution in [0.15, 0.2) is 18.2 Å². The molecule has 0 heterocycles. The van der Waals surface area contributed by atoms with Gasteiger partial charge in [0.25, 0.3) is 0 Å². The van der Waals surface area contributed by atoms with Crippen molar-refractivity contribution in [3.8, 4) is 11.5 Å². The lowest BCUT2D eigenvalue weighted by Crippen LogP contribution is -2.18. The summed E-state index contributed by atoms with van der Waals surface area (Å²) in [6.07, 6.45) is 5.61. The lowest BCUT2D eigenvalue weighted by molar-refractivity contribution is 0.195. The fraction of sp³-hybridized carbons (Fsp3) is 0.600. The highest BCUT2D eigenvalue weighted by molar-refractivity contribution is 5.36. The van der Waals surface area contributed by atoms with Gasteiger partial charge in [-0.15, -0.1) is 0 Å². The van der Waals surface area contributed by atoms with Crippen molar-refractivity contribution in [1.29, 1.82) is 0 Å². The monoisotopic (exact) mass is 232 g/mol. The standard InChI is InChI=1S/C15H20O2/c1-10-4-14(16)8-15(5-10)17-9-13-7-11-2-3-12(13)6-11/h4-5,8,11-13,16H,2-3,6-7,9H2,1H3. The maximum absolute atomic E-state index is 9.51. The molecule has 1 aromatic carbocycles. The van der Waals surface area contributed by atoms with Gasteiger partial charge in [-0.25, -0.2) is 0 Å². The first-order valence-corrected chi connectivity index (χ1v) is 6.64. The van der Waals surface area contributed by atoms with Crippen molar-refractivity contribution in [2.75, 3.05) is 6.61 Å². The van der Waals surface area contributed by atoms with E-state index < -0.39 is 0 Å². The first-order valence-electron chi connectivity index (χ1n) is 6.64. The van der Waals surface area contributed by atoms with Gasteiger partial charge in [-0.05, 0) is 61.6 Å². The lowest BCUT2D eigenvalue weighted by Gasteiger charge is -2.21. The Hall–Kier alpha value is -1.18. The molecule has 1 N–H and O–H groups in total. The summed E-state index contributed by atoms with van der Waals surface area (Å²) in [6, 6.07) is 5.46. The predicted octanol–water partition coefficient (Wildman–Crippen LogP) is 3.52. The van der Waals surface area contributed by atoms with Crippen molar-refractivity contribution < 1.29 is 9.84 Å². The highest BCUT2D eigenvalue weighted by Crippen LogP contribution is 2.48. The van der Waals surface area contributed by atoms with Gasteiger partial charge in [-0.1, -0.05) is 6.42 Å². The second kappa shape index (κ2) is 4.25. The molecule has 0 aliphatic heterocycles. The highest BCUT2D eigenvalue weighted by atomic mass is 16.5. The molecule has 92 valence electrons. The van der Waals surface area contributed by atoms with E-state index in [9.17, 15) is 5.11 Å². The van der Waals surface area contributed by atoms with Gasteiger partial charge in [-0.2, -0.15) is 0 Å². The zero-order valence-corrected chi connectivity index (χ0v) is 10.4. The topological polar surface area (TPSA) is 29.5 Å². The zero-order valence-electron chi connectivity index (χ0n) is 10.4. The molecule has 0 saturated heterocycles. The Kier molecular flexibility index (Phi) is 2.73. The summed E-state index contributed by atoms with van der Waals surface area (Å²) in [5.74, 6) is 3.73. The van der Waals surface area contributed by atoms with Crippen molar-refractivity contribution in [2.45, 2.75) is 32.6 Å². The van der Waals surface area contributed by atoms with Gasteiger partial charge in [-0.3, -0.25) is 0 Å². The van der Waals surface area contributed by atoms with Crippen LogP contribution >= 0.6 is 0 Å². The van der Waals surface area contributed by atoms with Crippen LogP contribution in [0.4, 0.5) is 0 Å². The van der Waals surface area contributed by atoms with Gasteiger partial charge in [0, 0.05) is 6.07 Å². The number of hydrogen-bond acceptors (Lipinski definition) is 2. The second-order valence-corrected chi connectivity index (χ2v) is 5.75. The van der Waals surface area contributed by atoms with Crippen molar-refractivity contribution in [3.63, 3.8) is 0 Å². The van der Waals surface area contributed by atoms with Crippen LogP contribution in [-0.4, -0.2) is 11.7 Å². The van der Waals surface area contributed by atoms with Gasteiger partial charge < -0.3 is 9.84 Å². The molecule has 0 aromatic heterocycles. The fourth-order valence-electron chi connectivity index (χ4n) is 3.60. The van der Waals surface area contributed by atoms with E-state index in [2.05, 4.69) is 0 Å². The van der Waals surface area contributed by atoms with Crippen LogP contribution in [0.1, 0.15) is 31.2 Å². The van der Waals surface area contributed by atoms with Crippen molar-refractivity contribution >= 4 is 0 Å². The highest BCUT2D eigenvalue weighted by Gasteiger charge is 2.39. The summed E-state index contributed by atoms with van der Waals surface area (Å²) < 4.78 is 5.84. The first kappa shape index (κ1) is 10.9. The van der Waals surface area contributed by atoms with Crippen LogP contribution < -0.4 is 4.74 Å². The van der Waals surface area contributed by atoms with Gasteiger partial charge in [0.15, 0.2) is 0 Å². The molecule has 3 unspecified atom stereocenters. The third-order valence-electron chi connectivity index (χ3n) is 4.38. The fourth-order valence-corrected chi connectivity index (χ4v) is 3.60. The van der Waals surface area contributed by atoms with E-state index >= 15 is 0 Å². The molecule has 2 aliphatic carbocycles. The minimum Gasteiger partial charge on any atom is -0.508 e. The summed E-state index contributed by atoms with van der Waals surface area (Å²) in [4.78, 5) is 0. The van der Waals surface area contributed by atoms with Crippen LogP contribution in [0.5, 0.6) is 11.5 Å². The molecule has 0 spiro atoms. The first-order chi connectivity index (χ1) is 8.20. The molecule has 2 heteroatoms. The van der Waals surface area contributed by atoms with Gasteiger partial charge >= 0.3 is 0 Å². The Morgan fingerprint density at radius 1 is 1.24 bits per heavy atom. The minimum atomic E-state index is 0.299. The maximum Gasteiger partial charge on any atom is 0.123 e. The Morgan fingerprint density at radius 3 is 2.76 bits per heavy atom. The Bertz CT molecular complexity index is 393. The third-order valence-corrected chi connectivity index (χ3v) is 4.38. The van der Waals surface area contributed by atoms with E-state index in [-0.39, 0.29) is 0 Å². The van der Waals surface area contributed by atoms with E-state index in [1.54, 1.807) is 12.1 Å². The minimum absolute atomic E-state index is 0.299. The number of fused-ring (bicyclic) bond motifs is 2. The second-order valence-electron chi connectivity index (χ2n) is 5.75.